The van der Waals surface area contributed by atoms with Gasteiger partial charge in [-0.1, -0.05) is 0 Å². The predicted octanol–water partition coefficient (Wildman–Crippen LogP) is 4.16. The summed E-state index contributed by atoms with van der Waals surface area (Å²) >= 11 is 0. The van der Waals surface area contributed by atoms with Crippen LogP contribution in [0.1, 0.15) is 53.4 Å². The van der Waals surface area contributed by atoms with Crippen LogP contribution in [0.25, 0.3) is 0 Å². The number of benzene rings is 1. The monoisotopic (exact) mass is 360 g/mol. The normalized spacial score (nSPS) is 15.2. The SMILES string of the molecule is CCCCOC(C)O[PH](O)(OC(C)OCCCC)c1ccccc1. The summed E-state index contributed by atoms with van der Waals surface area (Å²) in [4.78, 5) is 11.1. The van der Waals surface area contributed by atoms with Crippen molar-refractivity contribution in [2.75, 3.05) is 13.2 Å². The Morgan fingerprint density at radius 2 is 1.33 bits per heavy atom. The van der Waals surface area contributed by atoms with Crippen LogP contribution in [0.5, 0.6) is 0 Å². The first-order valence-corrected chi connectivity index (χ1v) is 10.6. The van der Waals surface area contributed by atoms with Gasteiger partial charge in [-0.05, 0) is 0 Å². The number of ether oxygens (including phenoxy) is 2. The molecule has 0 heterocycles. The molecule has 1 rings (SSSR count). The predicted molar refractivity (Wildman–Crippen MR) is 99.4 cm³/mol. The molecule has 0 aromatic heterocycles. The second kappa shape index (κ2) is 11.9. The van der Waals surface area contributed by atoms with E-state index in [9.17, 15) is 4.89 Å². The van der Waals surface area contributed by atoms with E-state index in [2.05, 4.69) is 13.8 Å². The van der Waals surface area contributed by atoms with Crippen LogP contribution in [-0.4, -0.2) is 30.7 Å². The van der Waals surface area contributed by atoms with Crippen molar-refractivity contribution in [3.05, 3.63) is 30.3 Å². The molecule has 0 aliphatic rings. The van der Waals surface area contributed by atoms with Crippen LogP contribution in [0.4, 0.5) is 0 Å². The van der Waals surface area contributed by atoms with Gasteiger partial charge >= 0.3 is 146 Å². The van der Waals surface area contributed by atoms with Gasteiger partial charge in [0.25, 0.3) is 0 Å². The third-order valence-electron chi connectivity index (χ3n) is 3.49. The zero-order chi connectivity index (χ0) is 17.8. The third-order valence-corrected chi connectivity index (χ3v) is 5.86. The van der Waals surface area contributed by atoms with Crippen LogP contribution in [-0.2, 0) is 18.5 Å². The van der Waals surface area contributed by atoms with E-state index in [1.54, 1.807) is 13.8 Å². The number of unbranched alkanes of at least 4 members (excludes halogenated alkanes) is 2. The Bertz CT molecular complexity index is 411. The van der Waals surface area contributed by atoms with Gasteiger partial charge in [-0.25, -0.2) is 0 Å². The summed E-state index contributed by atoms with van der Waals surface area (Å²) in [6.45, 7) is 8.95. The second-order valence-electron chi connectivity index (χ2n) is 5.77. The van der Waals surface area contributed by atoms with Crippen molar-refractivity contribution in [1.29, 1.82) is 0 Å². The summed E-state index contributed by atoms with van der Waals surface area (Å²) in [5.41, 5.74) is 0. The molecular weight excluding hydrogens is 327 g/mol. The van der Waals surface area contributed by atoms with Crippen molar-refractivity contribution in [2.24, 2.45) is 0 Å². The molecule has 0 radical (unpaired) electrons. The van der Waals surface area contributed by atoms with Crippen LogP contribution in [0.2, 0.25) is 0 Å². The van der Waals surface area contributed by atoms with E-state index in [4.69, 9.17) is 18.5 Å². The molecule has 2 atom stereocenters. The minimum atomic E-state index is -3.62. The summed E-state index contributed by atoms with van der Waals surface area (Å²) in [5, 5.41) is 0.641. The van der Waals surface area contributed by atoms with E-state index in [1.165, 1.54) is 0 Å². The number of rotatable bonds is 13. The Balaban J connectivity index is 2.72. The standard InChI is InChI=1S/C18H33O5P/c1-5-7-14-20-16(3)22-24(19,18-12-10-9-11-13-18)23-17(4)21-15-8-6-2/h9-13,16-17,19,24H,5-8,14-15H2,1-4H3. The minimum absolute atomic E-state index is 0.545. The first-order valence-electron chi connectivity index (χ1n) is 8.88. The molecule has 2 unspecified atom stereocenters. The summed E-state index contributed by atoms with van der Waals surface area (Å²) in [5.74, 6) is 0. The molecule has 0 aliphatic heterocycles. The maximum absolute atomic E-state index is 11.1. The average Bonchev–Trinajstić information content (AvgIpc) is 2.56. The van der Waals surface area contributed by atoms with Gasteiger partial charge in [-0.15, -0.1) is 0 Å². The van der Waals surface area contributed by atoms with Gasteiger partial charge in [-0.3, -0.25) is 0 Å². The molecule has 0 bridgehead atoms. The van der Waals surface area contributed by atoms with E-state index in [0.29, 0.717) is 18.5 Å². The molecule has 0 aliphatic carbocycles. The van der Waals surface area contributed by atoms with E-state index in [-0.39, 0.29) is 0 Å². The molecule has 5 nitrogen and oxygen atoms in total. The molecule has 1 N–H and O–H groups in total. The van der Waals surface area contributed by atoms with E-state index < -0.39 is 20.5 Å². The molecule has 6 heteroatoms. The Kier molecular flexibility index (Phi) is 10.7. The third kappa shape index (κ3) is 8.02. The van der Waals surface area contributed by atoms with Crippen molar-refractivity contribution < 1.29 is 23.4 Å². The summed E-state index contributed by atoms with van der Waals surface area (Å²) in [6.07, 6.45) is 2.91. The zero-order valence-corrected chi connectivity index (χ0v) is 16.4. The first-order chi connectivity index (χ1) is 11.5. The molecule has 140 valence electrons. The molecule has 1 aromatic rings. The molecule has 0 fully saturated rings. The number of hydrogen-bond donors (Lipinski definition) is 1. The van der Waals surface area contributed by atoms with Crippen LogP contribution in [0.3, 0.4) is 0 Å². The van der Waals surface area contributed by atoms with Gasteiger partial charge in [0.2, 0.25) is 0 Å². The van der Waals surface area contributed by atoms with Crippen molar-refractivity contribution in [3.8, 4) is 0 Å². The van der Waals surface area contributed by atoms with Gasteiger partial charge in [-0.2, -0.15) is 0 Å². The summed E-state index contributed by atoms with van der Waals surface area (Å²) < 4.78 is 22.9. The topological polar surface area (TPSA) is 57.2 Å². The van der Waals surface area contributed by atoms with E-state index in [0.717, 1.165) is 25.7 Å². The Morgan fingerprint density at radius 3 is 1.75 bits per heavy atom. The van der Waals surface area contributed by atoms with Crippen molar-refractivity contribution in [2.45, 2.75) is 66.0 Å². The van der Waals surface area contributed by atoms with Crippen molar-refractivity contribution in [1.82, 2.24) is 0 Å². The molecule has 0 amide bonds. The Morgan fingerprint density at radius 1 is 0.875 bits per heavy atom. The molecule has 1 aromatic carbocycles. The average molecular weight is 360 g/mol. The maximum atomic E-state index is 11.1. The van der Waals surface area contributed by atoms with Gasteiger partial charge < -0.3 is 0 Å². The van der Waals surface area contributed by atoms with Gasteiger partial charge in [0.15, 0.2) is 0 Å². The van der Waals surface area contributed by atoms with Crippen LogP contribution < -0.4 is 5.30 Å². The molecule has 24 heavy (non-hydrogen) atoms. The van der Waals surface area contributed by atoms with Crippen molar-refractivity contribution in [3.63, 3.8) is 0 Å². The van der Waals surface area contributed by atoms with E-state index in [1.807, 2.05) is 30.3 Å². The zero-order valence-electron chi connectivity index (χ0n) is 15.4. The van der Waals surface area contributed by atoms with Gasteiger partial charge in [0, 0.05) is 0 Å². The van der Waals surface area contributed by atoms with Crippen LogP contribution >= 0.6 is 7.94 Å². The van der Waals surface area contributed by atoms with Gasteiger partial charge in [0.05, 0.1) is 0 Å². The van der Waals surface area contributed by atoms with E-state index >= 15 is 0 Å². The van der Waals surface area contributed by atoms with Gasteiger partial charge in [0.1, 0.15) is 0 Å². The van der Waals surface area contributed by atoms with Crippen LogP contribution in [0.15, 0.2) is 30.3 Å². The summed E-state index contributed by atoms with van der Waals surface area (Å²) in [7, 11) is -3.62. The molecule has 0 spiro atoms. The fourth-order valence-corrected chi connectivity index (χ4v) is 4.10. The second-order valence-corrected chi connectivity index (χ2v) is 7.98. The quantitative estimate of drug-likeness (QED) is 0.325. The van der Waals surface area contributed by atoms with Crippen LogP contribution in [0, 0.1) is 0 Å². The Hall–Kier alpha value is -0.550. The fraction of sp³-hybridized carbons (Fsp3) is 0.667. The molecule has 0 saturated carbocycles. The first kappa shape index (κ1) is 21.5. The fourth-order valence-electron chi connectivity index (χ4n) is 2.12. The summed E-state index contributed by atoms with van der Waals surface area (Å²) in [6, 6.07) is 9.21. The van der Waals surface area contributed by atoms with Crippen molar-refractivity contribution >= 4 is 13.2 Å². The number of hydrogen-bond acceptors (Lipinski definition) is 5. The molecular formula is C18H33O5P. The molecule has 0 saturated heterocycles. The Labute approximate surface area is 146 Å².